The van der Waals surface area contributed by atoms with E-state index in [0.717, 1.165) is 0 Å². The van der Waals surface area contributed by atoms with Gasteiger partial charge in [0.15, 0.2) is 57.7 Å². The number of hydrogen-bond donors (Lipinski definition) is 0. The third-order valence-corrected chi connectivity index (χ3v) is 17.5. The lowest BCUT2D eigenvalue weighted by Gasteiger charge is -2.48. The van der Waals surface area contributed by atoms with E-state index in [4.69, 9.17) is 0 Å². The number of hydrogen-bond acceptors (Lipinski definition) is 1. The van der Waals surface area contributed by atoms with Gasteiger partial charge in [0.25, 0.3) is 39.7 Å². The number of alkyl halides is 41. The lowest BCUT2D eigenvalue weighted by atomic mass is 9.64. The molecule has 4 saturated carbocycles. The normalized spacial score (nSPS) is 41.1. The summed E-state index contributed by atoms with van der Waals surface area (Å²) >= 11 is 0. The topological polar surface area (TPSA) is 9.23 Å². The molecule has 50 heteroatoms. The summed E-state index contributed by atoms with van der Waals surface area (Å²) in [6, 6.07) is 0. The molecule has 0 saturated heterocycles. The molecule has 8 rings (SSSR count). The Morgan fingerprint density at radius 1 is 0.298 bits per heavy atom. The Bertz CT molecular complexity index is 3090. The Labute approximate surface area is 485 Å². The van der Waals surface area contributed by atoms with Crippen LogP contribution in [0.4, 0.5) is 215 Å². The van der Waals surface area contributed by atoms with Gasteiger partial charge in [-0.05, 0) is 34.6 Å². The minimum absolute atomic E-state index is 0.479. The second-order valence-corrected chi connectivity index (χ2v) is 22.3. The first kappa shape index (κ1) is 81.9. The smallest absolute Gasteiger partial charge is 0.274 e. The Morgan fingerprint density at radius 2 is 0.532 bits per heavy atom. The molecule has 94 heavy (non-hydrogen) atoms. The monoisotopic (exact) mass is 1500 g/mol. The predicted octanol–water partition coefficient (Wildman–Crippen LogP) is 20.9. The van der Waals surface area contributed by atoms with Crippen LogP contribution in [0.1, 0.15) is 54.4 Å². The highest BCUT2D eigenvalue weighted by Crippen LogP contribution is 2.85. The van der Waals surface area contributed by atoms with Crippen molar-refractivity contribution in [2.45, 2.75) is 195 Å². The average Bonchev–Trinajstić information content (AvgIpc) is 1.47. The van der Waals surface area contributed by atoms with Crippen LogP contribution in [0.25, 0.3) is 0 Å². The fourth-order valence-corrected chi connectivity index (χ4v) is 11.4. The Kier molecular flexibility index (Phi) is 17.3. The Balaban J connectivity index is 0.000000265. The van der Waals surface area contributed by atoms with Gasteiger partial charge in [-0.3, -0.25) is 9.13 Å². The van der Waals surface area contributed by atoms with E-state index in [2.05, 4.69) is 4.74 Å². The Morgan fingerprint density at radius 3 is 0.745 bits per heavy atom. The lowest BCUT2D eigenvalue weighted by molar-refractivity contribution is -0.410. The molecule has 0 aliphatic heterocycles. The molecule has 0 aromatic carbocycles. The molecule has 12 unspecified atom stereocenters. The van der Waals surface area contributed by atoms with Crippen molar-refractivity contribution in [2.75, 3.05) is 7.18 Å². The van der Waals surface area contributed by atoms with Crippen LogP contribution in [-0.4, -0.2) is 148 Å². The van der Waals surface area contributed by atoms with Gasteiger partial charge in [0, 0.05) is 12.8 Å². The summed E-state index contributed by atoms with van der Waals surface area (Å²) in [6.45, 7) is -2.47. The van der Waals surface area contributed by atoms with Gasteiger partial charge in [0.05, 0.1) is 7.18 Å². The minimum atomic E-state index is -6.78. The molecule has 0 aromatic heterocycles. The maximum absolute atomic E-state index is 14.6. The zero-order valence-electron chi connectivity index (χ0n) is 44.8. The molecule has 8 aliphatic rings. The molecule has 0 heterocycles. The van der Waals surface area contributed by atoms with Gasteiger partial charge in [-0.15, -0.1) is 0 Å². The first-order valence-electron chi connectivity index (χ1n) is 23.4. The third kappa shape index (κ3) is 7.30. The number of fused-ring (bicyclic) bond motifs is 8. The predicted molar refractivity (Wildman–Crippen MR) is 206 cm³/mol. The molecule has 8 bridgehead atoms. The van der Waals surface area contributed by atoms with Gasteiger partial charge < -0.3 is 0 Å². The fourth-order valence-electron chi connectivity index (χ4n) is 11.4. The van der Waals surface area contributed by atoms with E-state index in [1.165, 1.54) is 0 Å². The van der Waals surface area contributed by atoms with Crippen LogP contribution < -0.4 is 0 Å². The standard InChI is InChI=1S/C11H5F13.2C11H6F12.C10H5F11O.CH3F/c1-5(10(19,20)21,11(22,23)24)7(15)2-6(14)3(12)4(13)8(7,16)9(6,17)18;2*1-5(2,11(21,22)23)8(16)6(14)3(12)4(13)7(15,9(6,17)18)10(8,19)20;1-2-5(13,14)22-10(21)7(16)4(12)3(11)6(15,8(7,17)18)9(10,19)20;1-2/h2H2,1H3;2*1-2H3;2H2,1H3;1H3. The Hall–Kier alpha value is -4.51. The highest BCUT2D eigenvalue weighted by molar-refractivity contribution is 5.58. The molecule has 550 valence electrons. The second-order valence-electron chi connectivity index (χ2n) is 22.3. The molecule has 0 N–H and O–H groups in total. The molecule has 0 radical (unpaired) electrons. The van der Waals surface area contributed by atoms with Crippen LogP contribution in [-0.2, 0) is 4.74 Å². The van der Waals surface area contributed by atoms with Crippen molar-refractivity contribution in [1.29, 1.82) is 0 Å². The first-order chi connectivity index (χ1) is 40.5. The van der Waals surface area contributed by atoms with Gasteiger partial charge >= 0.3 is 78.1 Å². The van der Waals surface area contributed by atoms with Gasteiger partial charge in [0.1, 0.15) is 10.8 Å². The van der Waals surface area contributed by atoms with E-state index in [-0.39, 0.29) is 0 Å². The van der Waals surface area contributed by atoms with E-state index in [9.17, 15) is 215 Å². The van der Waals surface area contributed by atoms with Crippen molar-refractivity contribution >= 4 is 0 Å². The summed E-state index contributed by atoms with van der Waals surface area (Å²) in [5.74, 6) is -80.0. The largest absolute Gasteiger partial charge is 0.406 e. The summed E-state index contributed by atoms with van der Waals surface area (Å²) in [5.41, 5.74) is -82.0. The summed E-state index contributed by atoms with van der Waals surface area (Å²) < 4.78 is 659. The molecule has 0 spiro atoms. The summed E-state index contributed by atoms with van der Waals surface area (Å²) in [4.78, 5) is 0. The molecular weight excluding hydrogens is 1480 g/mol. The minimum Gasteiger partial charge on any atom is -0.274 e. The van der Waals surface area contributed by atoms with Crippen LogP contribution in [0, 0.1) is 16.2 Å². The van der Waals surface area contributed by atoms with Crippen molar-refractivity contribution in [1.82, 2.24) is 0 Å². The zero-order chi connectivity index (χ0) is 76.2. The fraction of sp³-hybridized carbons (Fsp3) is 0.818. The van der Waals surface area contributed by atoms with Gasteiger partial charge in [-0.1, -0.05) is 6.92 Å². The molecule has 4 fully saturated rings. The maximum Gasteiger partial charge on any atom is 0.406 e. The average molecular weight is 1500 g/mol. The van der Waals surface area contributed by atoms with E-state index in [1.807, 2.05) is 0 Å². The van der Waals surface area contributed by atoms with Crippen molar-refractivity contribution in [3.8, 4) is 0 Å². The van der Waals surface area contributed by atoms with Gasteiger partial charge in [0.2, 0.25) is 17.0 Å². The molecular formula is C44H25F49O. The van der Waals surface area contributed by atoms with Crippen molar-refractivity contribution < 1.29 is 220 Å². The summed E-state index contributed by atoms with van der Waals surface area (Å²) in [6.07, 6.45) is -35.6. The second kappa shape index (κ2) is 19.9. The highest BCUT2D eigenvalue weighted by atomic mass is 19.4. The quantitative estimate of drug-likeness (QED) is 0.241. The third-order valence-electron chi connectivity index (χ3n) is 17.5. The van der Waals surface area contributed by atoms with Crippen LogP contribution in [0.5, 0.6) is 0 Å². The lowest BCUT2D eigenvalue weighted by Crippen LogP contribution is -2.70. The number of rotatable bonds is 6. The van der Waals surface area contributed by atoms with Crippen molar-refractivity contribution in [2.24, 2.45) is 16.2 Å². The zero-order valence-corrected chi connectivity index (χ0v) is 44.8. The van der Waals surface area contributed by atoms with Crippen LogP contribution in [0.3, 0.4) is 0 Å². The summed E-state index contributed by atoms with van der Waals surface area (Å²) in [5, 5.41) is 0. The SMILES string of the molecule is CC(C(F)(F)F)(C(F)(F)F)C1(F)CC2(F)C(F)=C(F)C1(F)C2(F)F.CC(C)(C(F)(F)F)C1(F)C(F)(F)C2(F)C(F)=C(F)C1(F)C2(F)F.CC(C)(C(F)(F)F)C1(F)C(F)(F)C2(F)C(F)=C(F)C1(F)C2(F)F.CCC(F)(F)OC1(F)C(F)(F)C2(F)C(F)=C(F)C1(F)C2(F)F.CF. The van der Waals surface area contributed by atoms with E-state index in [0.29, 0.717) is 14.1 Å². The van der Waals surface area contributed by atoms with E-state index in [1.54, 1.807) is 0 Å². The van der Waals surface area contributed by atoms with Crippen molar-refractivity contribution in [3.05, 3.63) is 46.6 Å². The van der Waals surface area contributed by atoms with Crippen LogP contribution in [0.2, 0.25) is 0 Å². The first-order valence-corrected chi connectivity index (χ1v) is 23.4. The highest BCUT2D eigenvalue weighted by Gasteiger charge is 3.10. The molecule has 1 nitrogen and oxygen atoms in total. The van der Waals surface area contributed by atoms with Crippen molar-refractivity contribution in [3.63, 3.8) is 0 Å². The molecule has 12 atom stereocenters. The van der Waals surface area contributed by atoms with Gasteiger partial charge in [-0.2, -0.15) is 123 Å². The van der Waals surface area contributed by atoms with Crippen LogP contribution >= 0.6 is 0 Å². The van der Waals surface area contributed by atoms with Crippen LogP contribution in [0.15, 0.2) is 46.6 Å². The summed E-state index contributed by atoms with van der Waals surface area (Å²) in [7, 11) is 0.500. The maximum atomic E-state index is 14.6. The number of halogens is 49. The molecule has 0 amide bonds. The van der Waals surface area contributed by atoms with E-state index >= 15 is 0 Å². The van der Waals surface area contributed by atoms with Gasteiger partial charge in [-0.25, -0.2) is 87.8 Å². The number of allylic oxidation sites excluding steroid dienone is 7. The van der Waals surface area contributed by atoms with E-state index < -0.39 is 251 Å². The number of ether oxygens (including phenoxy) is 1. The molecule has 0 aromatic rings. The molecule has 8 aliphatic carbocycles.